The molecule has 0 saturated carbocycles. The minimum atomic E-state index is -4.56. The number of para-hydroxylation sites is 1. The second kappa shape index (κ2) is 10.4. The fourth-order valence-corrected chi connectivity index (χ4v) is 5.04. The molecule has 1 atom stereocenters. The Morgan fingerprint density at radius 2 is 1.77 bits per heavy atom. The van der Waals surface area contributed by atoms with E-state index in [-0.39, 0.29) is 29.1 Å². The molecule has 39 heavy (non-hydrogen) atoms. The lowest BCUT2D eigenvalue weighted by atomic mass is 10.0. The number of rotatable bonds is 6. The average Bonchev–Trinajstić information content (AvgIpc) is 3.33. The first-order chi connectivity index (χ1) is 18.7. The van der Waals surface area contributed by atoms with E-state index in [1.165, 1.54) is 41.1 Å². The van der Waals surface area contributed by atoms with Crippen molar-refractivity contribution in [1.82, 2.24) is 19.6 Å². The molecule has 9 nitrogen and oxygen atoms in total. The summed E-state index contributed by atoms with van der Waals surface area (Å²) in [7, 11) is 0. The van der Waals surface area contributed by atoms with Crippen LogP contribution in [-0.4, -0.2) is 64.1 Å². The Morgan fingerprint density at radius 1 is 1.08 bits per heavy atom. The van der Waals surface area contributed by atoms with Gasteiger partial charge in [-0.05, 0) is 48.9 Å². The maximum atomic E-state index is 13.3. The standard InChI is InChI=1S/C27H27F3N6O3/c1-2-22(37)35-15-13-34(14-16-35)20-11-12-32-24-23(20)33-36(25(24)26(31)38)17-7-9-18(10-8-17)39-21-6-4-3-5-19(21)27(28,29)30/h2-10,20,32H,1,11-16H2,(H2,31,38)/t20-/m0/s1. The van der Waals surface area contributed by atoms with Gasteiger partial charge in [-0.25, -0.2) is 4.68 Å². The van der Waals surface area contributed by atoms with Crippen LogP contribution in [0.1, 0.15) is 34.2 Å². The van der Waals surface area contributed by atoms with Gasteiger partial charge >= 0.3 is 6.18 Å². The molecule has 204 valence electrons. The van der Waals surface area contributed by atoms with Crippen LogP contribution in [-0.2, 0) is 11.0 Å². The molecular formula is C27H27F3N6O3. The third kappa shape index (κ3) is 5.19. The first kappa shape index (κ1) is 26.3. The predicted octanol–water partition coefficient (Wildman–Crippen LogP) is 3.97. The lowest BCUT2D eigenvalue weighted by Crippen LogP contribution is -2.50. The van der Waals surface area contributed by atoms with Crippen molar-refractivity contribution < 1.29 is 27.5 Å². The lowest BCUT2D eigenvalue weighted by Gasteiger charge is -2.40. The number of aromatic nitrogens is 2. The Kier molecular flexibility index (Phi) is 7.04. The van der Waals surface area contributed by atoms with Crippen LogP contribution >= 0.6 is 0 Å². The normalized spacial score (nSPS) is 17.7. The van der Waals surface area contributed by atoms with E-state index in [0.29, 0.717) is 49.8 Å². The summed E-state index contributed by atoms with van der Waals surface area (Å²) in [5.41, 5.74) is 6.80. The summed E-state index contributed by atoms with van der Waals surface area (Å²) >= 11 is 0. The highest BCUT2D eigenvalue weighted by atomic mass is 19.4. The summed E-state index contributed by atoms with van der Waals surface area (Å²) in [5, 5.41) is 8.01. The zero-order valence-corrected chi connectivity index (χ0v) is 20.9. The molecule has 5 rings (SSSR count). The van der Waals surface area contributed by atoms with Crippen molar-refractivity contribution in [3.63, 3.8) is 0 Å². The third-order valence-electron chi connectivity index (χ3n) is 6.92. The molecule has 0 spiro atoms. The Bertz CT molecular complexity index is 1390. The smallest absolute Gasteiger partial charge is 0.419 e. The number of fused-ring (bicyclic) bond motifs is 1. The third-order valence-corrected chi connectivity index (χ3v) is 6.92. The number of primary amides is 1. The number of amides is 2. The van der Waals surface area contributed by atoms with Gasteiger partial charge in [0.25, 0.3) is 5.91 Å². The predicted molar refractivity (Wildman–Crippen MR) is 138 cm³/mol. The summed E-state index contributed by atoms with van der Waals surface area (Å²) < 4.78 is 47.0. The number of benzene rings is 2. The van der Waals surface area contributed by atoms with Crippen LogP contribution in [0.2, 0.25) is 0 Å². The number of alkyl halides is 3. The van der Waals surface area contributed by atoms with Crippen LogP contribution in [0.4, 0.5) is 18.9 Å². The second-order valence-corrected chi connectivity index (χ2v) is 9.27. The Morgan fingerprint density at radius 3 is 2.41 bits per heavy atom. The molecule has 3 N–H and O–H groups in total. The zero-order chi connectivity index (χ0) is 27.7. The van der Waals surface area contributed by atoms with Gasteiger partial charge in [-0.2, -0.15) is 18.3 Å². The highest BCUT2D eigenvalue weighted by molar-refractivity contribution is 5.98. The Labute approximate surface area is 222 Å². The molecule has 0 aliphatic carbocycles. The van der Waals surface area contributed by atoms with Crippen LogP contribution in [0.5, 0.6) is 11.5 Å². The average molecular weight is 541 g/mol. The highest BCUT2D eigenvalue weighted by Gasteiger charge is 2.36. The molecule has 1 aromatic heterocycles. The number of ether oxygens (including phenoxy) is 1. The summed E-state index contributed by atoms with van der Waals surface area (Å²) in [6.45, 7) is 6.58. The number of piperazine rings is 1. The number of carbonyl (C=O) groups is 2. The number of nitrogens with one attached hydrogen (secondary N) is 1. The van der Waals surface area contributed by atoms with Crippen molar-refractivity contribution in [2.45, 2.75) is 18.6 Å². The number of hydrogen-bond donors (Lipinski definition) is 2. The first-order valence-electron chi connectivity index (χ1n) is 12.4. The molecule has 3 heterocycles. The quantitative estimate of drug-likeness (QED) is 0.459. The molecule has 1 saturated heterocycles. The molecule has 3 aromatic rings. The molecule has 2 aliphatic rings. The van der Waals surface area contributed by atoms with E-state index in [1.54, 1.807) is 17.0 Å². The van der Waals surface area contributed by atoms with Crippen molar-refractivity contribution in [3.8, 4) is 17.2 Å². The summed E-state index contributed by atoms with van der Waals surface area (Å²) in [5.74, 6) is -0.893. The van der Waals surface area contributed by atoms with Gasteiger partial charge in [-0.1, -0.05) is 18.7 Å². The molecule has 2 aliphatic heterocycles. The number of nitrogens with zero attached hydrogens (tertiary/aromatic N) is 4. The SMILES string of the molecule is C=CC(=O)N1CCN([C@H]2CCNc3c2nn(-c2ccc(Oc4ccccc4C(F)(F)F)cc2)c3C(N)=O)CC1. The molecular weight excluding hydrogens is 513 g/mol. The van der Waals surface area contributed by atoms with Crippen molar-refractivity contribution in [1.29, 1.82) is 0 Å². The largest absolute Gasteiger partial charge is 0.457 e. The molecule has 2 aromatic carbocycles. The van der Waals surface area contributed by atoms with Gasteiger partial charge in [0.15, 0.2) is 5.69 Å². The molecule has 0 bridgehead atoms. The maximum absolute atomic E-state index is 13.3. The molecule has 1 fully saturated rings. The number of nitrogens with two attached hydrogens (primary N) is 1. The fourth-order valence-electron chi connectivity index (χ4n) is 5.04. The molecule has 0 unspecified atom stereocenters. The monoisotopic (exact) mass is 540 g/mol. The number of halogens is 3. The summed E-state index contributed by atoms with van der Waals surface area (Å²) in [4.78, 5) is 28.5. The van der Waals surface area contributed by atoms with Crippen molar-refractivity contribution in [2.75, 3.05) is 38.0 Å². The molecule has 0 radical (unpaired) electrons. The van der Waals surface area contributed by atoms with Crippen molar-refractivity contribution in [3.05, 3.63) is 78.1 Å². The summed E-state index contributed by atoms with van der Waals surface area (Å²) in [6.07, 6.45) is -2.49. The fraction of sp³-hybridized carbons (Fsp3) is 0.296. The van der Waals surface area contributed by atoms with E-state index < -0.39 is 17.6 Å². The lowest BCUT2D eigenvalue weighted by molar-refractivity contribution is -0.138. The van der Waals surface area contributed by atoms with Gasteiger partial charge in [-0.15, -0.1) is 0 Å². The van der Waals surface area contributed by atoms with Crippen LogP contribution in [0.15, 0.2) is 61.2 Å². The summed E-state index contributed by atoms with van der Waals surface area (Å²) in [6, 6.07) is 11.1. The molecule has 12 heteroatoms. The van der Waals surface area contributed by atoms with Gasteiger partial charge in [0, 0.05) is 32.7 Å². The highest BCUT2D eigenvalue weighted by Crippen LogP contribution is 2.39. The van der Waals surface area contributed by atoms with E-state index in [1.807, 2.05) is 0 Å². The van der Waals surface area contributed by atoms with Gasteiger partial charge in [-0.3, -0.25) is 14.5 Å². The zero-order valence-electron chi connectivity index (χ0n) is 20.9. The maximum Gasteiger partial charge on any atom is 0.419 e. The first-order valence-corrected chi connectivity index (χ1v) is 12.4. The van der Waals surface area contributed by atoms with Gasteiger partial charge in [0.2, 0.25) is 5.91 Å². The Hall–Kier alpha value is -4.32. The second-order valence-electron chi connectivity index (χ2n) is 9.27. The van der Waals surface area contributed by atoms with Crippen LogP contribution in [0.25, 0.3) is 5.69 Å². The van der Waals surface area contributed by atoms with E-state index in [9.17, 15) is 22.8 Å². The van der Waals surface area contributed by atoms with Crippen molar-refractivity contribution >= 4 is 17.5 Å². The van der Waals surface area contributed by atoms with E-state index in [0.717, 1.165) is 12.5 Å². The minimum absolute atomic E-state index is 0.0805. The van der Waals surface area contributed by atoms with E-state index >= 15 is 0 Å². The topological polar surface area (TPSA) is 106 Å². The van der Waals surface area contributed by atoms with Gasteiger partial charge < -0.3 is 20.7 Å². The van der Waals surface area contributed by atoms with Crippen molar-refractivity contribution in [2.24, 2.45) is 5.73 Å². The minimum Gasteiger partial charge on any atom is -0.457 e. The van der Waals surface area contributed by atoms with Crippen LogP contribution < -0.4 is 15.8 Å². The van der Waals surface area contributed by atoms with Gasteiger partial charge in [0.05, 0.1) is 23.0 Å². The van der Waals surface area contributed by atoms with Crippen LogP contribution in [0.3, 0.4) is 0 Å². The molecule has 2 amide bonds. The Balaban J connectivity index is 1.41. The number of anilines is 1. The van der Waals surface area contributed by atoms with Gasteiger partial charge in [0.1, 0.15) is 17.2 Å². The number of carbonyl (C=O) groups excluding carboxylic acids is 2. The van der Waals surface area contributed by atoms with E-state index in [2.05, 4.69) is 16.8 Å². The number of hydrogen-bond acceptors (Lipinski definition) is 6. The van der Waals surface area contributed by atoms with Crippen LogP contribution in [0, 0.1) is 0 Å². The van der Waals surface area contributed by atoms with E-state index in [4.69, 9.17) is 15.6 Å².